The summed E-state index contributed by atoms with van der Waals surface area (Å²) < 4.78 is 6.97. The molecule has 0 aliphatic heterocycles. The molecule has 0 bridgehead atoms. The Morgan fingerprint density at radius 2 is 1.59 bits per heavy atom. The third-order valence-corrected chi connectivity index (χ3v) is 17.1. The second kappa shape index (κ2) is 11.8. The van der Waals surface area contributed by atoms with Gasteiger partial charge < -0.3 is 4.43 Å². The van der Waals surface area contributed by atoms with Crippen LogP contribution in [0.4, 0.5) is 0 Å². The quantitative estimate of drug-likeness (QED) is 0.249. The molecule has 0 spiro atoms. The largest absolute Gasteiger partial charge is 0.405 e. The van der Waals surface area contributed by atoms with Gasteiger partial charge >= 0.3 is 0 Å². The highest BCUT2D eigenvalue weighted by Gasteiger charge is 2.35. The number of allylic oxidation sites excluding steroid dienone is 2. The zero-order chi connectivity index (χ0) is 20.3. The van der Waals surface area contributed by atoms with Gasteiger partial charge in [0.25, 0.3) is 0 Å². The highest BCUT2D eigenvalue weighted by Crippen LogP contribution is 2.36. The van der Waals surface area contributed by atoms with Gasteiger partial charge in [-0.2, -0.15) is 0 Å². The fourth-order valence-electron chi connectivity index (χ4n) is 4.22. The van der Waals surface area contributed by atoms with Crippen LogP contribution in [0.5, 0.6) is 0 Å². The lowest BCUT2D eigenvalue weighted by atomic mass is 10.2. The van der Waals surface area contributed by atoms with E-state index in [-0.39, 0.29) is 6.10 Å². The maximum absolute atomic E-state index is 6.97. The topological polar surface area (TPSA) is 22.1 Å². The van der Waals surface area contributed by atoms with Crippen molar-refractivity contribution in [2.24, 2.45) is 0 Å². The SMILES string of the molecule is C=CC/C(=C\C(O[Si](CC)(CC)CC)c1ccccn1)[Si](CC)(CC)CC. The summed E-state index contributed by atoms with van der Waals surface area (Å²) in [6.45, 7) is 18.1. The van der Waals surface area contributed by atoms with Gasteiger partial charge in [-0.1, -0.05) is 83.1 Å². The van der Waals surface area contributed by atoms with Crippen molar-refractivity contribution in [1.82, 2.24) is 4.98 Å². The first-order chi connectivity index (χ1) is 13.0. The molecule has 0 N–H and O–H groups in total. The Morgan fingerprint density at radius 1 is 1.00 bits per heavy atom. The van der Waals surface area contributed by atoms with Gasteiger partial charge in [0.2, 0.25) is 0 Å². The third-order valence-electron chi connectivity index (χ3n) is 6.72. The number of aromatic nitrogens is 1. The average molecular weight is 404 g/mol. The lowest BCUT2D eigenvalue weighted by Crippen LogP contribution is -2.38. The van der Waals surface area contributed by atoms with Crippen molar-refractivity contribution in [1.29, 1.82) is 0 Å². The summed E-state index contributed by atoms with van der Waals surface area (Å²) in [7, 11) is -3.21. The molecular weight excluding hydrogens is 362 g/mol. The second-order valence-electron chi connectivity index (χ2n) is 7.56. The smallest absolute Gasteiger partial charge is 0.193 e. The fraction of sp³-hybridized carbons (Fsp3) is 0.609. The first-order valence-corrected chi connectivity index (χ1v) is 16.1. The molecule has 0 saturated carbocycles. The van der Waals surface area contributed by atoms with Crippen LogP contribution in [0, 0.1) is 0 Å². The summed E-state index contributed by atoms with van der Waals surface area (Å²) in [5, 5.41) is 1.60. The standard InChI is InChI=1S/C23H41NOSi2/c1-8-17-21(26(9-2,10-3)11-4)20-23(22-18-15-16-19-24-22)25-27(12-5,13-6)14-7/h8,15-16,18-20,23H,1,9-14,17H2,2-7H3/b21-20+. The summed E-state index contributed by atoms with van der Waals surface area (Å²) in [5.41, 5.74) is 1.05. The minimum atomic E-state index is -1.74. The Hall–Kier alpha value is -0.976. The Balaban J connectivity index is 3.47. The van der Waals surface area contributed by atoms with Gasteiger partial charge in [-0.3, -0.25) is 4.98 Å². The first-order valence-electron chi connectivity index (χ1n) is 10.9. The molecule has 1 unspecified atom stereocenters. The Labute approximate surface area is 170 Å². The van der Waals surface area contributed by atoms with Crippen LogP contribution in [0.3, 0.4) is 0 Å². The molecule has 1 aromatic heterocycles. The predicted molar refractivity (Wildman–Crippen MR) is 125 cm³/mol. The van der Waals surface area contributed by atoms with Crippen LogP contribution in [0.1, 0.15) is 59.8 Å². The van der Waals surface area contributed by atoms with Crippen LogP contribution in [0.15, 0.2) is 48.3 Å². The van der Waals surface area contributed by atoms with Crippen molar-refractivity contribution in [3.8, 4) is 0 Å². The van der Waals surface area contributed by atoms with E-state index in [1.165, 1.54) is 18.1 Å². The molecule has 0 radical (unpaired) electrons. The summed E-state index contributed by atoms with van der Waals surface area (Å²) >= 11 is 0. The molecule has 27 heavy (non-hydrogen) atoms. The molecule has 152 valence electrons. The van der Waals surface area contributed by atoms with E-state index in [0.717, 1.165) is 30.2 Å². The highest BCUT2D eigenvalue weighted by atomic mass is 28.4. The van der Waals surface area contributed by atoms with Gasteiger partial charge in [-0.05, 0) is 36.7 Å². The molecule has 0 fully saturated rings. The van der Waals surface area contributed by atoms with E-state index in [0.29, 0.717) is 0 Å². The molecule has 0 aromatic carbocycles. The van der Waals surface area contributed by atoms with Crippen LogP contribution in [-0.4, -0.2) is 21.4 Å². The van der Waals surface area contributed by atoms with Gasteiger partial charge in [-0.25, -0.2) is 0 Å². The van der Waals surface area contributed by atoms with E-state index in [2.05, 4.69) is 77.4 Å². The van der Waals surface area contributed by atoms with Crippen LogP contribution in [0.25, 0.3) is 0 Å². The molecule has 1 rings (SSSR count). The van der Waals surface area contributed by atoms with Gasteiger partial charge in [0.15, 0.2) is 8.32 Å². The van der Waals surface area contributed by atoms with Crippen LogP contribution in [-0.2, 0) is 4.43 Å². The Kier molecular flexibility index (Phi) is 10.5. The molecule has 1 aromatic rings. The van der Waals surface area contributed by atoms with Crippen LogP contribution < -0.4 is 0 Å². The minimum Gasteiger partial charge on any atom is -0.405 e. The molecule has 1 heterocycles. The zero-order valence-electron chi connectivity index (χ0n) is 18.6. The van der Waals surface area contributed by atoms with Crippen LogP contribution in [0.2, 0.25) is 36.3 Å². The molecular formula is C23H41NOSi2. The highest BCUT2D eigenvalue weighted by molar-refractivity contribution is 6.86. The van der Waals surface area contributed by atoms with E-state index in [1.54, 1.807) is 5.20 Å². The monoisotopic (exact) mass is 403 g/mol. The molecule has 4 heteroatoms. The maximum Gasteiger partial charge on any atom is 0.193 e. The summed E-state index contributed by atoms with van der Waals surface area (Å²) in [6.07, 6.45) is 7.38. The van der Waals surface area contributed by atoms with Crippen molar-refractivity contribution in [2.75, 3.05) is 0 Å². The van der Waals surface area contributed by atoms with E-state index >= 15 is 0 Å². The first kappa shape index (κ1) is 24.1. The summed E-state index contributed by atoms with van der Waals surface area (Å²) in [6, 6.07) is 13.5. The van der Waals surface area contributed by atoms with E-state index < -0.39 is 16.4 Å². The Morgan fingerprint density at radius 3 is 2.00 bits per heavy atom. The van der Waals surface area contributed by atoms with Gasteiger partial charge in [0, 0.05) is 6.20 Å². The van der Waals surface area contributed by atoms with E-state index in [4.69, 9.17) is 4.43 Å². The molecule has 0 amide bonds. The lowest BCUT2D eigenvalue weighted by Gasteiger charge is -2.35. The van der Waals surface area contributed by atoms with Crippen molar-refractivity contribution < 1.29 is 4.43 Å². The molecule has 1 atom stereocenters. The van der Waals surface area contributed by atoms with E-state index in [1.807, 2.05) is 12.3 Å². The van der Waals surface area contributed by atoms with Crippen molar-refractivity contribution in [3.05, 3.63) is 54.0 Å². The average Bonchev–Trinajstić information content (AvgIpc) is 2.73. The third kappa shape index (κ3) is 6.00. The maximum atomic E-state index is 6.97. The zero-order valence-corrected chi connectivity index (χ0v) is 20.6. The number of hydrogen-bond acceptors (Lipinski definition) is 2. The lowest BCUT2D eigenvalue weighted by molar-refractivity contribution is 0.232. The number of rotatable bonds is 13. The summed E-state index contributed by atoms with van der Waals surface area (Å²) in [5.74, 6) is 0. The Bertz CT molecular complexity index is 561. The van der Waals surface area contributed by atoms with Crippen molar-refractivity contribution in [3.63, 3.8) is 0 Å². The van der Waals surface area contributed by atoms with E-state index in [9.17, 15) is 0 Å². The van der Waals surface area contributed by atoms with Gasteiger partial charge in [0.1, 0.15) is 6.10 Å². The second-order valence-corrected chi connectivity index (χ2v) is 17.6. The van der Waals surface area contributed by atoms with Gasteiger partial charge in [-0.15, -0.1) is 6.58 Å². The number of pyridine rings is 1. The molecule has 0 aliphatic carbocycles. The van der Waals surface area contributed by atoms with Gasteiger partial charge in [0.05, 0.1) is 13.8 Å². The number of nitrogens with zero attached hydrogens (tertiary/aromatic N) is 1. The predicted octanol–water partition coefficient (Wildman–Crippen LogP) is 7.69. The number of hydrogen-bond donors (Lipinski definition) is 0. The summed E-state index contributed by atoms with van der Waals surface area (Å²) in [4.78, 5) is 4.68. The molecule has 0 saturated heterocycles. The van der Waals surface area contributed by atoms with Crippen molar-refractivity contribution >= 4 is 16.4 Å². The molecule has 0 aliphatic rings. The van der Waals surface area contributed by atoms with Crippen LogP contribution >= 0.6 is 0 Å². The molecule has 2 nitrogen and oxygen atoms in total. The normalized spacial score (nSPS) is 14.2. The fourth-order valence-corrected chi connectivity index (χ4v) is 10.9. The van der Waals surface area contributed by atoms with Crippen molar-refractivity contribution in [2.45, 2.75) is 90.3 Å². The minimum absolute atomic E-state index is 0.0239.